The number of hydrogen-bond donors (Lipinski definition) is 2. The summed E-state index contributed by atoms with van der Waals surface area (Å²) in [5.41, 5.74) is 0.731. The first-order valence-electron chi connectivity index (χ1n) is 10.9. The van der Waals surface area contributed by atoms with Crippen LogP contribution in [-0.2, 0) is 25.5 Å². The molecule has 0 aliphatic carbocycles. The topological polar surface area (TPSA) is 95.9 Å². The molecule has 170 valence electrons. The summed E-state index contributed by atoms with van der Waals surface area (Å²) in [7, 11) is 1.32. The third kappa shape index (κ3) is 5.95. The molecular formula is C25H30N2O5. The summed E-state index contributed by atoms with van der Waals surface area (Å²) in [5.74, 6) is -2.18. The molecule has 0 radical (unpaired) electrons. The molecule has 1 unspecified atom stereocenters. The van der Waals surface area contributed by atoms with Gasteiger partial charge in [-0.2, -0.15) is 0 Å². The van der Waals surface area contributed by atoms with E-state index < -0.39 is 23.4 Å². The zero-order valence-electron chi connectivity index (χ0n) is 18.3. The lowest BCUT2D eigenvalue weighted by Crippen LogP contribution is -2.60. The van der Waals surface area contributed by atoms with Crippen LogP contribution in [0.25, 0.3) is 0 Å². The van der Waals surface area contributed by atoms with Crippen molar-refractivity contribution in [3.8, 4) is 0 Å². The predicted molar refractivity (Wildman–Crippen MR) is 120 cm³/mol. The van der Waals surface area contributed by atoms with Crippen LogP contribution in [0.1, 0.15) is 36.3 Å². The van der Waals surface area contributed by atoms with Gasteiger partial charge in [-0.05, 0) is 30.4 Å². The zero-order valence-corrected chi connectivity index (χ0v) is 18.3. The molecule has 0 saturated carbocycles. The largest absolute Gasteiger partial charge is 0.481 e. The summed E-state index contributed by atoms with van der Waals surface area (Å²) in [4.78, 5) is 39.1. The minimum Gasteiger partial charge on any atom is -0.481 e. The number of piperidine rings is 1. The first kappa shape index (κ1) is 23.5. The van der Waals surface area contributed by atoms with E-state index >= 15 is 0 Å². The molecule has 2 N–H and O–H groups in total. The van der Waals surface area contributed by atoms with Gasteiger partial charge < -0.3 is 20.1 Å². The van der Waals surface area contributed by atoms with Crippen molar-refractivity contribution in [3.63, 3.8) is 0 Å². The highest BCUT2D eigenvalue weighted by atomic mass is 16.5. The molecule has 1 saturated heterocycles. The molecular weight excluding hydrogens is 408 g/mol. The van der Waals surface area contributed by atoms with Crippen LogP contribution in [-0.4, -0.2) is 60.1 Å². The van der Waals surface area contributed by atoms with E-state index in [4.69, 9.17) is 4.74 Å². The van der Waals surface area contributed by atoms with Gasteiger partial charge in [-0.25, -0.2) is 4.79 Å². The Morgan fingerprint density at radius 3 is 2.19 bits per heavy atom. The van der Waals surface area contributed by atoms with Crippen molar-refractivity contribution in [2.45, 2.75) is 37.1 Å². The summed E-state index contributed by atoms with van der Waals surface area (Å²) in [6, 6.07) is 18.9. The van der Waals surface area contributed by atoms with E-state index in [1.165, 1.54) is 7.11 Å². The first-order valence-corrected chi connectivity index (χ1v) is 10.9. The number of amides is 1. The number of carboxylic acids is 1. The number of carboxylic acid groups (broad SMARTS) is 1. The van der Waals surface area contributed by atoms with Crippen LogP contribution in [0.3, 0.4) is 0 Å². The molecule has 1 amide bonds. The monoisotopic (exact) mass is 438 g/mol. The van der Waals surface area contributed by atoms with Gasteiger partial charge in [0, 0.05) is 26.1 Å². The smallest absolute Gasteiger partial charge is 0.331 e. The van der Waals surface area contributed by atoms with Crippen molar-refractivity contribution in [2.24, 2.45) is 0 Å². The molecule has 0 bridgehead atoms. The molecule has 32 heavy (non-hydrogen) atoms. The second-order valence-corrected chi connectivity index (χ2v) is 8.21. The lowest BCUT2D eigenvalue weighted by molar-refractivity contribution is -0.153. The first-order chi connectivity index (χ1) is 15.4. The van der Waals surface area contributed by atoms with E-state index in [1.807, 2.05) is 65.6 Å². The fourth-order valence-electron chi connectivity index (χ4n) is 4.19. The molecule has 2 aromatic carbocycles. The van der Waals surface area contributed by atoms with Gasteiger partial charge in [-0.3, -0.25) is 9.59 Å². The van der Waals surface area contributed by atoms with Gasteiger partial charge in [-0.1, -0.05) is 60.7 Å². The number of aliphatic carboxylic acids is 1. The average molecular weight is 439 g/mol. The molecule has 1 fully saturated rings. The van der Waals surface area contributed by atoms with Crippen molar-refractivity contribution in [3.05, 3.63) is 71.8 Å². The maximum Gasteiger partial charge on any atom is 0.331 e. The van der Waals surface area contributed by atoms with Crippen LogP contribution in [0.5, 0.6) is 0 Å². The van der Waals surface area contributed by atoms with Crippen molar-refractivity contribution in [1.29, 1.82) is 0 Å². The van der Waals surface area contributed by atoms with Gasteiger partial charge in [-0.15, -0.1) is 0 Å². The summed E-state index contributed by atoms with van der Waals surface area (Å²) in [6.07, 6.45) is 1.62. The second-order valence-electron chi connectivity index (χ2n) is 8.21. The average Bonchev–Trinajstić information content (AvgIpc) is 2.82. The maximum absolute atomic E-state index is 12.6. The van der Waals surface area contributed by atoms with Gasteiger partial charge in [0.15, 0.2) is 0 Å². The number of likely N-dealkylation sites (tertiary alicyclic amines) is 1. The number of nitrogens with one attached hydrogen (secondary N) is 1. The second kappa shape index (κ2) is 10.9. The molecule has 1 aliphatic rings. The van der Waals surface area contributed by atoms with Gasteiger partial charge in [0.2, 0.25) is 5.91 Å². The van der Waals surface area contributed by atoms with Crippen molar-refractivity contribution >= 4 is 17.8 Å². The minimum atomic E-state index is -1.08. The van der Waals surface area contributed by atoms with Gasteiger partial charge in [0.25, 0.3) is 0 Å². The van der Waals surface area contributed by atoms with E-state index in [1.54, 1.807) is 0 Å². The van der Waals surface area contributed by atoms with Crippen LogP contribution < -0.4 is 5.32 Å². The highest BCUT2D eigenvalue weighted by Crippen LogP contribution is 2.27. The molecule has 3 rings (SSSR count). The van der Waals surface area contributed by atoms with E-state index in [-0.39, 0.29) is 12.3 Å². The van der Waals surface area contributed by atoms with Gasteiger partial charge >= 0.3 is 11.9 Å². The normalized spacial score (nSPS) is 16.7. The Balaban J connectivity index is 1.61. The number of esters is 1. The SMILES string of the molecule is COC(=O)C1(NC(=O)CCc2ccccc2)CCN(CC(C(=O)O)c2ccccc2)CC1. The fraction of sp³-hybridized carbons (Fsp3) is 0.400. The number of carbonyl (C=O) groups is 3. The molecule has 1 atom stereocenters. The number of carbonyl (C=O) groups excluding carboxylic acids is 2. The Kier molecular flexibility index (Phi) is 8.00. The molecule has 7 heteroatoms. The van der Waals surface area contributed by atoms with Gasteiger partial charge in [0.05, 0.1) is 13.0 Å². The van der Waals surface area contributed by atoms with Crippen molar-refractivity contribution in [1.82, 2.24) is 10.2 Å². The number of nitrogens with zero attached hydrogens (tertiary/aromatic N) is 1. The van der Waals surface area contributed by atoms with Crippen LogP contribution in [0.15, 0.2) is 60.7 Å². The Hall–Kier alpha value is -3.19. The molecule has 1 aliphatic heterocycles. The lowest BCUT2D eigenvalue weighted by Gasteiger charge is -2.40. The van der Waals surface area contributed by atoms with Gasteiger partial charge in [0.1, 0.15) is 5.54 Å². The number of hydrogen-bond acceptors (Lipinski definition) is 5. The Morgan fingerprint density at radius 2 is 1.62 bits per heavy atom. The van der Waals surface area contributed by atoms with E-state index in [0.717, 1.165) is 11.1 Å². The molecule has 2 aromatic rings. The standard InChI is InChI=1S/C25H30N2O5/c1-32-24(31)25(26-22(28)13-12-19-8-4-2-5-9-19)14-16-27(17-15-25)18-21(23(29)30)20-10-6-3-7-11-20/h2-11,21H,12-18H2,1H3,(H,26,28)(H,29,30). The summed E-state index contributed by atoms with van der Waals surface area (Å²) < 4.78 is 5.01. The highest BCUT2D eigenvalue weighted by Gasteiger charge is 2.44. The van der Waals surface area contributed by atoms with E-state index in [0.29, 0.717) is 38.9 Å². The van der Waals surface area contributed by atoms with Crippen LogP contribution in [0, 0.1) is 0 Å². The number of methoxy groups -OCH3 is 1. The Bertz CT molecular complexity index is 908. The summed E-state index contributed by atoms with van der Waals surface area (Å²) in [6.45, 7) is 1.33. The maximum atomic E-state index is 12.6. The molecule has 7 nitrogen and oxygen atoms in total. The van der Waals surface area contributed by atoms with Crippen molar-refractivity contribution in [2.75, 3.05) is 26.7 Å². The molecule has 0 spiro atoms. The number of rotatable bonds is 9. The number of aryl methyl sites for hydroxylation is 1. The number of ether oxygens (including phenoxy) is 1. The summed E-state index contributed by atoms with van der Waals surface area (Å²) >= 11 is 0. The van der Waals surface area contributed by atoms with Crippen LogP contribution >= 0.6 is 0 Å². The van der Waals surface area contributed by atoms with E-state index in [9.17, 15) is 19.5 Å². The Labute approximate surface area is 188 Å². The Morgan fingerprint density at radius 1 is 1.03 bits per heavy atom. The fourth-order valence-corrected chi connectivity index (χ4v) is 4.19. The lowest BCUT2D eigenvalue weighted by atomic mass is 9.86. The third-order valence-electron chi connectivity index (χ3n) is 6.09. The highest BCUT2D eigenvalue weighted by molar-refractivity contribution is 5.88. The quantitative estimate of drug-likeness (QED) is 0.585. The minimum absolute atomic E-state index is 0.194. The van der Waals surface area contributed by atoms with Crippen LogP contribution in [0.2, 0.25) is 0 Å². The van der Waals surface area contributed by atoms with Crippen molar-refractivity contribution < 1.29 is 24.2 Å². The predicted octanol–water partition coefficient (Wildman–Crippen LogP) is 2.61. The van der Waals surface area contributed by atoms with Crippen LogP contribution in [0.4, 0.5) is 0 Å². The third-order valence-corrected chi connectivity index (χ3v) is 6.09. The molecule has 0 aromatic heterocycles. The summed E-state index contributed by atoms with van der Waals surface area (Å²) in [5, 5.41) is 12.6. The molecule has 1 heterocycles. The number of benzene rings is 2. The zero-order chi connectivity index (χ0) is 23.0. The van der Waals surface area contributed by atoms with E-state index in [2.05, 4.69) is 5.32 Å².